The van der Waals surface area contributed by atoms with Crippen LogP contribution < -0.4 is 5.32 Å². The summed E-state index contributed by atoms with van der Waals surface area (Å²) in [6.07, 6.45) is 2.56. The predicted molar refractivity (Wildman–Crippen MR) is 69.5 cm³/mol. The first-order valence-electron chi connectivity index (χ1n) is 5.44. The minimum Gasteiger partial charge on any atom is -0.383 e. The molecular weight excluding hydrogens is 286 g/mol. The Hall–Kier alpha value is -0.880. The van der Waals surface area contributed by atoms with Crippen LogP contribution >= 0.6 is 15.9 Å². The summed E-state index contributed by atoms with van der Waals surface area (Å²) in [5.74, 6) is -0.0985. The number of alkyl halides is 1. The number of ether oxygens (including phenoxy) is 1. The van der Waals surface area contributed by atoms with Crippen molar-refractivity contribution < 1.29 is 9.53 Å². The van der Waals surface area contributed by atoms with Crippen molar-refractivity contribution in [2.45, 2.75) is 19.4 Å². The van der Waals surface area contributed by atoms with Crippen molar-refractivity contribution in [1.29, 1.82) is 0 Å². The number of nitrogens with zero attached hydrogens (tertiary/aromatic N) is 2. The van der Waals surface area contributed by atoms with Gasteiger partial charge in [-0.3, -0.25) is 9.48 Å². The highest BCUT2D eigenvalue weighted by molar-refractivity contribution is 9.09. The number of halogens is 1. The largest absolute Gasteiger partial charge is 0.383 e. The molecule has 96 valence electrons. The van der Waals surface area contributed by atoms with Crippen LogP contribution in [0.5, 0.6) is 0 Å². The molecule has 0 aliphatic rings. The van der Waals surface area contributed by atoms with Crippen molar-refractivity contribution in [3.05, 3.63) is 17.5 Å². The highest BCUT2D eigenvalue weighted by Crippen LogP contribution is 2.06. The second-order valence-electron chi connectivity index (χ2n) is 3.91. The molecule has 1 atom stereocenters. The van der Waals surface area contributed by atoms with Crippen LogP contribution in [0.3, 0.4) is 0 Å². The summed E-state index contributed by atoms with van der Waals surface area (Å²) in [7, 11) is 3.43. The van der Waals surface area contributed by atoms with E-state index in [9.17, 15) is 4.79 Å². The van der Waals surface area contributed by atoms with Crippen LogP contribution in [0.15, 0.2) is 6.20 Å². The van der Waals surface area contributed by atoms with Gasteiger partial charge in [-0.2, -0.15) is 5.10 Å². The van der Waals surface area contributed by atoms with Gasteiger partial charge in [0.05, 0.1) is 23.9 Å². The number of rotatable bonds is 6. The Morgan fingerprint density at radius 1 is 1.71 bits per heavy atom. The van der Waals surface area contributed by atoms with Gasteiger partial charge in [-0.05, 0) is 13.3 Å². The van der Waals surface area contributed by atoms with Crippen molar-refractivity contribution in [1.82, 2.24) is 15.1 Å². The lowest BCUT2D eigenvalue weighted by atomic mass is 10.2. The Labute approximate surface area is 110 Å². The standard InChI is InChI=1S/C11H18BrN3O2/c1-8-10(6-15(2)14-8)11(16)13-9(4-5-12)7-17-3/h6,9H,4-5,7H2,1-3H3,(H,13,16). The molecule has 0 radical (unpaired) electrons. The van der Waals surface area contributed by atoms with Crippen LogP contribution in [-0.2, 0) is 11.8 Å². The molecule has 1 rings (SSSR count). The predicted octanol–water partition coefficient (Wildman–Crippen LogP) is 1.26. The molecule has 1 unspecified atom stereocenters. The van der Waals surface area contributed by atoms with Crippen LogP contribution in [-0.4, -0.2) is 40.8 Å². The number of methoxy groups -OCH3 is 1. The highest BCUT2D eigenvalue weighted by Gasteiger charge is 2.16. The molecule has 0 saturated heterocycles. The van der Waals surface area contributed by atoms with Crippen molar-refractivity contribution >= 4 is 21.8 Å². The molecule has 0 aliphatic carbocycles. The van der Waals surface area contributed by atoms with E-state index < -0.39 is 0 Å². The number of hydrogen-bond acceptors (Lipinski definition) is 3. The van der Waals surface area contributed by atoms with Gasteiger partial charge in [-0.15, -0.1) is 0 Å². The number of nitrogens with one attached hydrogen (secondary N) is 1. The second kappa shape index (κ2) is 6.76. The molecule has 1 amide bonds. The maximum atomic E-state index is 12.0. The van der Waals surface area contributed by atoms with Crippen molar-refractivity contribution in [2.24, 2.45) is 7.05 Å². The van der Waals surface area contributed by atoms with Gasteiger partial charge in [0.1, 0.15) is 0 Å². The molecular formula is C11H18BrN3O2. The van der Waals surface area contributed by atoms with Gasteiger partial charge in [0.2, 0.25) is 0 Å². The molecule has 1 heterocycles. The fourth-order valence-electron chi connectivity index (χ4n) is 1.62. The summed E-state index contributed by atoms with van der Waals surface area (Å²) in [6, 6.07) is 0.0199. The zero-order valence-electron chi connectivity index (χ0n) is 10.4. The zero-order valence-corrected chi connectivity index (χ0v) is 12.0. The van der Waals surface area contributed by atoms with Gasteiger partial charge in [0.25, 0.3) is 5.91 Å². The van der Waals surface area contributed by atoms with Gasteiger partial charge in [-0.1, -0.05) is 15.9 Å². The summed E-state index contributed by atoms with van der Waals surface area (Å²) < 4.78 is 6.71. The monoisotopic (exact) mass is 303 g/mol. The van der Waals surface area contributed by atoms with Gasteiger partial charge in [0.15, 0.2) is 0 Å². The number of aryl methyl sites for hydroxylation is 2. The normalized spacial score (nSPS) is 12.5. The molecule has 1 N–H and O–H groups in total. The minimum atomic E-state index is -0.0985. The van der Waals surface area contributed by atoms with Gasteiger partial charge >= 0.3 is 0 Å². The van der Waals surface area contributed by atoms with Crippen LogP contribution in [0.4, 0.5) is 0 Å². The van der Waals surface area contributed by atoms with Crippen molar-refractivity contribution in [2.75, 3.05) is 19.0 Å². The van der Waals surface area contributed by atoms with Crippen molar-refractivity contribution in [3.8, 4) is 0 Å². The van der Waals surface area contributed by atoms with Crippen LogP contribution in [0.2, 0.25) is 0 Å². The summed E-state index contributed by atoms with van der Waals surface area (Å²) in [5.41, 5.74) is 1.35. The first kappa shape index (κ1) is 14.2. The molecule has 1 aromatic rings. The number of amides is 1. The van der Waals surface area contributed by atoms with E-state index >= 15 is 0 Å². The smallest absolute Gasteiger partial charge is 0.255 e. The lowest BCUT2D eigenvalue weighted by Gasteiger charge is -2.16. The minimum absolute atomic E-state index is 0.0199. The average molecular weight is 304 g/mol. The van der Waals surface area contributed by atoms with Crippen LogP contribution in [0.25, 0.3) is 0 Å². The van der Waals surface area contributed by atoms with E-state index in [1.807, 2.05) is 6.92 Å². The Morgan fingerprint density at radius 2 is 2.41 bits per heavy atom. The number of carbonyl (C=O) groups excluding carboxylic acids is 1. The quantitative estimate of drug-likeness (QED) is 0.805. The lowest BCUT2D eigenvalue weighted by molar-refractivity contribution is 0.0895. The molecule has 1 aromatic heterocycles. The van der Waals surface area contributed by atoms with E-state index in [2.05, 4.69) is 26.3 Å². The maximum absolute atomic E-state index is 12.0. The van der Waals surface area contributed by atoms with Crippen LogP contribution in [0, 0.1) is 6.92 Å². The van der Waals surface area contributed by atoms with Gasteiger partial charge in [0, 0.05) is 25.7 Å². The molecule has 0 aliphatic heterocycles. The molecule has 5 nitrogen and oxygen atoms in total. The van der Waals surface area contributed by atoms with E-state index in [0.29, 0.717) is 12.2 Å². The fraction of sp³-hybridized carbons (Fsp3) is 0.636. The summed E-state index contributed by atoms with van der Waals surface area (Å²) in [6.45, 7) is 2.33. The highest BCUT2D eigenvalue weighted by atomic mass is 79.9. The van der Waals surface area contributed by atoms with E-state index in [1.54, 1.807) is 25.0 Å². The van der Waals surface area contributed by atoms with E-state index in [4.69, 9.17) is 4.74 Å². The zero-order chi connectivity index (χ0) is 12.8. The SMILES string of the molecule is COCC(CCBr)NC(=O)c1cn(C)nc1C. The Balaban J connectivity index is 2.66. The lowest BCUT2D eigenvalue weighted by Crippen LogP contribution is -2.38. The third kappa shape index (κ3) is 4.12. The molecule has 0 bridgehead atoms. The second-order valence-corrected chi connectivity index (χ2v) is 4.70. The molecule has 6 heteroatoms. The first-order chi connectivity index (χ1) is 8.08. The topological polar surface area (TPSA) is 56.1 Å². The molecule has 0 aromatic carbocycles. The fourth-order valence-corrected chi connectivity index (χ4v) is 2.17. The van der Waals surface area contributed by atoms with Crippen LogP contribution in [0.1, 0.15) is 22.5 Å². The molecule has 0 fully saturated rings. The van der Waals surface area contributed by atoms with E-state index in [1.165, 1.54) is 0 Å². The van der Waals surface area contributed by atoms with E-state index in [-0.39, 0.29) is 11.9 Å². The number of hydrogen-bond donors (Lipinski definition) is 1. The third-order valence-electron chi connectivity index (χ3n) is 2.42. The molecule has 17 heavy (non-hydrogen) atoms. The van der Waals surface area contributed by atoms with Gasteiger partial charge < -0.3 is 10.1 Å². The van der Waals surface area contributed by atoms with E-state index in [0.717, 1.165) is 17.4 Å². The first-order valence-corrected chi connectivity index (χ1v) is 6.56. The molecule has 0 saturated carbocycles. The summed E-state index contributed by atoms with van der Waals surface area (Å²) in [4.78, 5) is 12.0. The van der Waals surface area contributed by atoms with Crippen molar-refractivity contribution in [3.63, 3.8) is 0 Å². The number of carbonyl (C=O) groups is 1. The maximum Gasteiger partial charge on any atom is 0.255 e. The third-order valence-corrected chi connectivity index (χ3v) is 2.88. The molecule has 0 spiro atoms. The average Bonchev–Trinajstić information content (AvgIpc) is 2.58. The number of aromatic nitrogens is 2. The Kier molecular flexibility index (Phi) is 5.64. The summed E-state index contributed by atoms with van der Waals surface area (Å²) >= 11 is 3.36. The summed E-state index contributed by atoms with van der Waals surface area (Å²) in [5, 5.41) is 7.92. The van der Waals surface area contributed by atoms with Gasteiger partial charge in [-0.25, -0.2) is 0 Å². The Morgan fingerprint density at radius 3 is 2.88 bits per heavy atom. The Bertz CT molecular complexity index is 373.